The molecule has 4 heteroatoms. The van der Waals surface area contributed by atoms with E-state index in [0.717, 1.165) is 28.3 Å². The fraction of sp³-hybridized carbons (Fsp3) is 0.278. The van der Waals surface area contributed by atoms with Gasteiger partial charge in [0.05, 0.1) is 18.5 Å². The number of rotatable bonds is 4. The number of methoxy groups -OCH3 is 1. The Morgan fingerprint density at radius 2 is 2.05 bits per heavy atom. The number of aryl methyl sites for hydroxylation is 1. The number of benzene rings is 1. The molecule has 2 heterocycles. The van der Waals surface area contributed by atoms with Crippen LogP contribution in [0.1, 0.15) is 24.1 Å². The van der Waals surface area contributed by atoms with Crippen molar-refractivity contribution in [2.45, 2.75) is 19.8 Å². The monoisotopic (exact) mass is 295 g/mol. The summed E-state index contributed by atoms with van der Waals surface area (Å²) in [4.78, 5) is 4.85. The molecule has 1 aromatic carbocycles. The summed E-state index contributed by atoms with van der Waals surface area (Å²) in [6, 6.07) is 12.2. The quantitative estimate of drug-likeness (QED) is 0.802. The summed E-state index contributed by atoms with van der Waals surface area (Å²) in [6.45, 7) is 4.77. The molecule has 2 aromatic heterocycles. The highest BCUT2D eigenvalue weighted by Gasteiger charge is 2.20. The summed E-state index contributed by atoms with van der Waals surface area (Å²) in [5, 5.41) is 0. The second-order valence-electron chi connectivity index (χ2n) is 5.61. The predicted molar refractivity (Wildman–Crippen MR) is 89.4 cm³/mol. The average Bonchev–Trinajstić information content (AvgIpc) is 2.92. The molecule has 0 fully saturated rings. The molecule has 3 rings (SSSR count). The van der Waals surface area contributed by atoms with Gasteiger partial charge in [-0.3, -0.25) is 0 Å². The smallest absolute Gasteiger partial charge is 0.137 e. The van der Waals surface area contributed by atoms with Crippen molar-refractivity contribution < 1.29 is 4.74 Å². The van der Waals surface area contributed by atoms with Gasteiger partial charge in [0.1, 0.15) is 11.4 Å². The Morgan fingerprint density at radius 3 is 2.77 bits per heavy atom. The lowest BCUT2D eigenvalue weighted by atomic mass is 10.0. The second kappa shape index (κ2) is 5.81. The highest BCUT2D eigenvalue weighted by Crippen LogP contribution is 2.35. The molecule has 0 aliphatic rings. The molecule has 22 heavy (non-hydrogen) atoms. The van der Waals surface area contributed by atoms with E-state index in [9.17, 15) is 0 Å². The van der Waals surface area contributed by atoms with E-state index >= 15 is 0 Å². The van der Waals surface area contributed by atoms with Gasteiger partial charge < -0.3 is 14.9 Å². The van der Waals surface area contributed by atoms with Crippen LogP contribution in [0.15, 0.2) is 42.6 Å². The van der Waals surface area contributed by atoms with E-state index < -0.39 is 0 Å². The zero-order valence-corrected chi connectivity index (χ0v) is 13.2. The van der Waals surface area contributed by atoms with Gasteiger partial charge in [-0.15, -0.1) is 0 Å². The zero-order chi connectivity index (χ0) is 15.7. The highest BCUT2D eigenvalue weighted by molar-refractivity contribution is 5.73. The molecule has 0 saturated heterocycles. The molecule has 0 amide bonds. The Morgan fingerprint density at radius 1 is 1.27 bits per heavy atom. The molecular formula is C18H21N3O. The number of nitrogens with two attached hydrogens (primary N) is 1. The molecule has 1 atom stereocenters. The highest BCUT2D eigenvalue weighted by atomic mass is 16.5. The van der Waals surface area contributed by atoms with Crippen molar-refractivity contribution in [3.05, 3.63) is 53.9 Å². The molecule has 0 bridgehead atoms. The number of ether oxygens (including phenoxy) is 1. The van der Waals surface area contributed by atoms with Crippen LogP contribution in [0, 0.1) is 6.92 Å². The first-order valence-corrected chi connectivity index (χ1v) is 7.47. The van der Waals surface area contributed by atoms with Gasteiger partial charge in [-0.25, -0.2) is 4.98 Å². The van der Waals surface area contributed by atoms with Gasteiger partial charge in [0, 0.05) is 24.2 Å². The standard InChI is InChI=1S/C18H21N3O/c1-12-8-9-21-16(10-12)20-17(18(21)13(2)11-19)14-6-4-5-7-15(14)22-3/h4-10,13H,11,19H2,1-3H3. The second-order valence-corrected chi connectivity index (χ2v) is 5.61. The summed E-state index contributed by atoms with van der Waals surface area (Å²) >= 11 is 0. The van der Waals surface area contributed by atoms with Crippen LogP contribution in [-0.2, 0) is 0 Å². The van der Waals surface area contributed by atoms with Crippen molar-refractivity contribution in [1.82, 2.24) is 9.38 Å². The number of aromatic nitrogens is 2. The Hall–Kier alpha value is -2.33. The first kappa shape index (κ1) is 14.6. The van der Waals surface area contributed by atoms with E-state index in [1.165, 1.54) is 5.56 Å². The molecule has 2 N–H and O–H groups in total. The first-order valence-electron chi connectivity index (χ1n) is 7.47. The molecule has 0 aliphatic heterocycles. The summed E-state index contributed by atoms with van der Waals surface area (Å²) in [5.41, 5.74) is 11.1. The lowest BCUT2D eigenvalue weighted by Gasteiger charge is -2.13. The number of nitrogens with zero attached hydrogens (tertiary/aromatic N) is 2. The van der Waals surface area contributed by atoms with Gasteiger partial charge in [0.2, 0.25) is 0 Å². The Balaban J connectivity index is 2.32. The molecule has 114 valence electrons. The fourth-order valence-electron chi connectivity index (χ4n) is 2.79. The minimum Gasteiger partial charge on any atom is -0.496 e. The van der Waals surface area contributed by atoms with Crippen molar-refractivity contribution in [3.63, 3.8) is 0 Å². The third kappa shape index (κ3) is 2.35. The van der Waals surface area contributed by atoms with Crippen molar-refractivity contribution in [3.8, 4) is 17.0 Å². The summed E-state index contributed by atoms with van der Waals surface area (Å²) in [6.07, 6.45) is 2.07. The fourth-order valence-corrected chi connectivity index (χ4v) is 2.79. The number of fused-ring (bicyclic) bond motifs is 1. The number of imidazole rings is 1. The van der Waals surface area contributed by atoms with Crippen LogP contribution >= 0.6 is 0 Å². The van der Waals surface area contributed by atoms with Crippen molar-refractivity contribution in [2.24, 2.45) is 5.73 Å². The van der Waals surface area contributed by atoms with E-state index in [-0.39, 0.29) is 5.92 Å². The van der Waals surface area contributed by atoms with Gasteiger partial charge in [0.15, 0.2) is 0 Å². The number of para-hydroxylation sites is 1. The normalized spacial score (nSPS) is 12.5. The zero-order valence-electron chi connectivity index (χ0n) is 13.2. The van der Waals surface area contributed by atoms with Crippen molar-refractivity contribution in [2.75, 3.05) is 13.7 Å². The van der Waals surface area contributed by atoms with E-state index in [1.54, 1.807) is 7.11 Å². The van der Waals surface area contributed by atoms with Crippen LogP contribution in [0.2, 0.25) is 0 Å². The first-order chi connectivity index (χ1) is 10.7. The minimum atomic E-state index is 0.206. The van der Waals surface area contributed by atoms with Crippen LogP contribution in [-0.4, -0.2) is 23.0 Å². The number of pyridine rings is 1. The largest absolute Gasteiger partial charge is 0.496 e. The molecule has 0 aliphatic carbocycles. The van der Waals surface area contributed by atoms with Gasteiger partial charge in [-0.1, -0.05) is 19.1 Å². The van der Waals surface area contributed by atoms with Crippen LogP contribution in [0.25, 0.3) is 16.9 Å². The molecule has 4 nitrogen and oxygen atoms in total. The van der Waals surface area contributed by atoms with Crippen LogP contribution in [0.5, 0.6) is 5.75 Å². The van der Waals surface area contributed by atoms with Gasteiger partial charge in [0.25, 0.3) is 0 Å². The average molecular weight is 295 g/mol. The molecule has 0 saturated carbocycles. The predicted octanol–water partition coefficient (Wildman–Crippen LogP) is 3.38. The summed E-state index contributed by atoms with van der Waals surface area (Å²) < 4.78 is 7.64. The molecule has 3 aromatic rings. The lowest BCUT2D eigenvalue weighted by Crippen LogP contribution is -2.12. The maximum absolute atomic E-state index is 5.93. The molecule has 0 radical (unpaired) electrons. The number of hydrogen-bond acceptors (Lipinski definition) is 3. The Kier molecular flexibility index (Phi) is 3.86. The van der Waals surface area contributed by atoms with E-state index in [4.69, 9.17) is 15.5 Å². The van der Waals surface area contributed by atoms with E-state index in [2.05, 4.69) is 36.6 Å². The molecular weight excluding hydrogens is 274 g/mol. The Labute approximate surface area is 130 Å². The lowest BCUT2D eigenvalue weighted by molar-refractivity contribution is 0.416. The van der Waals surface area contributed by atoms with Crippen molar-refractivity contribution in [1.29, 1.82) is 0 Å². The maximum atomic E-state index is 5.93. The maximum Gasteiger partial charge on any atom is 0.137 e. The number of hydrogen-bond donors (Lipinski definition) is 1. The van der Waals surface area contributed by atoms with Crippen LogP contribution in [0.4, 0.5) is 0 Å². The topological polar surface area (TPSA) is 52.5 Å². The SMILES string of the molecule is COc1ccccc1-c1nc2cc(C)ccn2c1C(C)CN. The summed E-state index contributed by atoms with van der Waals surface area (Å²) in [5.74, 6) is 1.03. The van der Waals surface area contributed by atoms with E-state index in [1.807, 2.05) is 24.3 Å². The van der Waals surface area contributed by atoms with Gasteiger partial charge in [-0.05, 0) is 36.8 Å². The van der Waals surface area contributed by atoms with Crippen LogP contribution in [0.3, 0.4) is 0 Å². The minimum absolute atomic E-state index is 0.206. The van der Waals surface area contributed by atoms with Crippen molar-refractivity contribution >= 4 is 5.65 Å². The third-order valence-corrected chi connectivity index (χ3v) is 4.00. The molecule has 1 unspecified atom stereocenters. The Bertz CT molecular complexity index is 807. The summed E-state index contributed by atoms with van der Waals surface area (Å²) in [7, 11) is 1.69. The molecule has 0 spiro atoms. The van der Waals surface area contributed by atoms with Crippen LogP contribution < -0.4 is 10.5 Å². The van der Waals surface area contributed by atoms with Gasteiger partial charge in [-0.2, -0.15) is 0 Å². The van der Waals surface area contributed by atoms with Gasteiger partial charge >= 0.3 is 0 Å². The third-order valence-electron chi connectivity index (χ3n) is 4.00. The van der Waals surface area contributed by atoms with E-state index in [0.29, 0.717) is 6.54 Å².